The van der Waals surface area contributed by atoms with Gasteiger partial charge in [0.25, 0.3) is 0 Å². The van der Waals surface area contributed by atoms with E-state index in [1.165, 1.54) is 0 Å². The second-order valence-electron chi connectivity index (χ2n) is 4.47. The number of aryl methyl sites for hydroxylation is 2. The highest BCUT2D eigenvalue weighted by atomic mass is 79.9. The Balaban J connectivity index is 2.07. The number of anilines is 1. The van der Waals surface area contributed by atoms with Gasteiger partial charge in [-0.05, 0) is 41.9 Å². The maximum Gasteiger partial charge on any atom is 0.195 e. The first kappa shape index (κ1) is 12.3. The zero-order valence-electron chi connectivity index (χ0n) is 10.8. The van der Waals surface area contributed by atoms with Gasteiger partial charge < -0.3 is 10.6 Å². The Hall–Kier alpha value is -1.69. The van der Waals surface area contributed by atoms with Gasteiger partial charge in [0.05, 0.1) is 33.6 Å². The summed E-state index contributed by atoms with van der Waals surface area (Å²) in [5, 5.41) is 6.44. The molecule has 0 unspecified atom stereocenters. The van der Waals surface area contributed by atoms with Crippen molar-refractivity contribution in [3.8, 4) is 0 Å². The molecule has 1 aromatic carbocycles. The molecule has 1 aromatic heterocycles. The van der Waals surface area contributed by atoms with E-state index in [1.54, 1.807) is 0 Å². The maximum atomic E-state index is 4.60. The molecule has 1 aliphatic heterocycles. The van der Waals surface area contributed by atoms with Crippen LogP contribution < -0.4 is 10.6 Å². The van der Waals surface area contributed by atoms with Crippen molar-refractivity contribution in [2.75, 3.05) is 18.4 Å². The number of rotatable bonds is 1. The van der Waals surface area contributed by atoms with Gasteiger partial charge in [0, 0.05) is 6.54 Å². The molecule has 0 saturated heterocycles. The van der Waals surface area contributed by atoms with Crippen LogP contribution in [-0.2, 0) is 0 Å². The first-order valence-electron chi connectivity index (χ1n) is 6.14. The fourth-order valence-electron chi connectivity index (χ4n) is 1.97. The molecule has 5 nitrogen and oxygen atoms in total. The maximum absolute atomic E-state index is 4.60. The molecule has 0 atom stereocenters. The van der Waals surface area contributed by atoms with Crippen LogP contribution in [0.15, 0.2) is 21.6 Å². The number of hydrogen-bond acceptors (Lipinski definition) is 5. The van der Waals surface area contributed by atoms with Gasteiger partial charge >= 0.3 is 0 Å². The molecule has 1 aliphatic rings. The Kier molecular flexibility index (Phi) is 3.10. The number of benzene rings is 1. The van der Waals surface area contributed by atoms with Crippen LogP contribution in [-0.4, -0.2) is 29.0 Å². The van der Waals surface area contributed by atoms with Gasteiger partial charge in [-0.3, -0.25) is 4.99 Å². The third-order valence-electron chi connectivity index (χ3n) is 3.11. The van der Waals surface area contributed by atoms with Crippen molar-refractivity contribution in [1.82, 2.24) is 15.3 Å². The van der Waals surface area contributed by atoms with Crippen LogP contribution in [0.3, 0.4) is 0 Å². The molecule has 0 fully saturated rings. The molecule has 98 valence electrons. The van der Waals surface area contributed by atoms with Crippen LogP contribution in [0.4, 0.5) is 5.69 Å². The lowest BCUT2D eigenvalue weighted by Crippen LogP contribution is -2.26. The number of nitrogens with zero attached hydrogens (tertiary/aromatic N) is 3. The standard InChI is InChI=1S/C13H14BrN5/c1-7-8(2)18-12-10(17-7)4-3-9(11(12)14)19-13-15-5-6-16-13/h3-4H,5-6H2,1-2H3,(H2,15,16,19). The molecule has 2 N–H and O–H groups in total. The third-order valence-corrected chi connectivity index (χ3v) is 3.92. The van der Waals surface area contributed by atoms with Gasteiger partial charge in [-0.25, -0.2) is 9.97 Å². The normalized spacial score (nSPS) is 14.4. The van der Waals surface area contributed by atoms with Crippen molar-refractivity contribution in [3.63, 3.8) is 0 Å². The first-order chi connectivity index (χ1) is 9.15. The monoisotopic (exact) mass is 319 g/mol. The lowest BCUT2D eigenvalue weighted by atomic mass is 10.2. The van der Waals surface area contributed by atoms with E-state index in [2.05, 4.69) is 41.5 Å². The topological polar surface area (TPSA) is 62.2 Å². The molecular weight excluding hydrogens is 306 g/mol. The highest BCUT2D eigenvalue weighted by Gasteiger charge is 2.12. The van der Waals surface area contributed by atoms with Crippen LogP contribution in [0.5, 0.6) is 0 Å². The molecule has 0 bridgehead atoms. The lowest BCUT2D eigenvalue weighted by Gasteiger charge is -2.11. The van der Waals surface area contributed by atoms with E-state index in [-0.39, 0.29) is 0 Å². The molecule has 2 heterocycles. The number of nitrogens with one attached hydrogen (secondary N) is 2. The second kappa shape index (κ2) is 4.77. The number of aromatic nitrogens is 2. The van der Waals surface area contributed by atoms with Gasteiger partial charge in [-0.2, -0.15) is 0 Å². The zero-order valence-corrected chi connectivity index (χ0v) is 12.4. The summed E-state index contributed by atoms with van der Waals surface area (Å²) < 4.78 is 0.914. The molecule has 19 heavy (non-hydrogen) atoms. The summed E-state index contributed by atoms with van der Waals surface area (Å²) in [6.45, 7) is 5.63. The van der Waals surface area contributed by atoms with Gasteiger partial charge in [0.15, 0.2) is 5.96 Å². The highest BCUT2D eigenvalue weighted by Crippen LogP contribution is 2.30. The van der Waals surface area contributed by atoms with Crippen molar-refractivity contribution in [2.45, 2.75) is 13.8 Å². The zero-order chi connectivity index (χ0) is 13.4. The van der Waals surface area contributed by atoms with E-state index >= 15 is 0 Å². The smallest absolute Gasteiger partial charge is 0.195 e. The molecule has 0 spiro atoms. The summed E-state index contributed by atoms with van der Waals surface area (Å²) in [6.07, 6.45) is 0. The minimum Gasteiger partial charge on any atom is -0.354 e. The van der Waals surface area contributed by atoms with Crippen molar-refractivity contribution in [3.05, 3.63) is 28.0 Å². The van der Waals surface area contributed by atoms with Crippen LogP contribution in [0.2, 0.25) is 0 Å². The van der Waals surface area contributed by atoms with Crippen molar-refractivity contribution < 1.29 is 0 Å². The van der Waals surface area contributed by atoms with Gasteiger partial charge in [-0.15, -0.1) is 0 Å². The second-order valence-corrected chi connectivity index (χ2v) is 5.26. The van der Waals surface area contributed by atoms with E-state index in [0.717, 1.165) is 51.6 Å². The molecule has 3 rings (SSSR count). The summed E-state index contributed by atoms with van der Waals surface area (Å²) >= 11 is 3.60. The number of halogens is 1. The van der Waals surface area contributed by atoms with E-state index in [0.29, 0.717) is 0 Å². The average molecular weight is 320 g/mol. The Morgan fingerprint density at radius 3 is 2.74 bits per heavy atom. The third kappa shape index (κ3) is 2.28. The van der Waals surface area contributed by atoms with Crippen LogP contribution in [0.1, 0.15) is 11.4 Å². The largest absolute Gasteiger partial charge is 0.354 e. The molecule has 0 aliphatic carbocycles. The quantitative estimate of drug-likeness (QED) is 0.847. The minimum absolute atomic E-state index is 0.803. The fraction of sp³-hybridized carbons (Fsp3) is 0.308. The van der Waals surface area contributed by atoms with Crippen LogP contribution >= 0.6 is 15.9 Å². The lowest BCUT2D eigenvalue weighted by molar-refractivity contribution is 0.959. The van der Waals surface area contributed by atoms with E-state index < -0.39 is 0 Å². The molecule has 2 aromatic rings. The molecule has 0 amide bonds. The van der Waals surface area contributed by atoms with E-state index in [9.17, 15) is 0 Å². The molecular formula is C13H14BrN5. The average Bonchev–Trinajstić information content (AvgIpc) is 2.88. The Morgan fingerprint density at radius 2 is 2.00 bits per heavy atom. The van der Waals surface area contributed by atoms with Crippen LogP contribution in [0, 0.1) is 13.8 Å². The SMILES string of the molecule is Cc1nc2ccc(NC3=NCCN3)c(Br)c2nc1C. The Bertz CT molecular complexity index is 680. The predicted molar refractivity (Wildman–Crippen MR) is 80.6 cm³/mol. The predicted octanol–water partition coefficient (Wildman–Crippen LogP) is 2.38. The molecule has 0 saturated carbocycles. The van der Waals surface area contributed by atoms with E-state index in [1.807, 2.05) is 26.0 Å². The summed E-state index contributed by atoms with van der Waals surface area (Å²) in [6, 6.07) is 3.95. The van der Waals surface area contributed by atoms with Crippen LogP contribution in [0.25, 0.3) is 11.0 Å². The van der Waals surface area contributed by atoms with Gasteiger partial charge in [0.2, 0.25) is 0 Å². The first-order valence-corrected chi connectivity index (χ1v) is 6.93. The highest BCUT2D eigenvalue weighted by molar-refractivity contribution is 9.10. The minimum atomic E-state index is 0.803. The van der Waals surface area contributed by atoms with Gasteiger partial charge in [-0.1, -0.05) is 0 Å². The van der Waals surface area contributed by atoms with Crippen molar-refractivity contribution in [2.24, 2.45) is 4.99 Å². The number of hydrogen-bond donors (Lipinski definition) is 2. The van der Waals surface area contributed by atoms with Crippen molar-refractivity contribution >= 4 is 38.6 Å². The number of aliphatic imine (C=N–C) groups is 1. The summed E-state index contributed by atoms with van der Waals surface area (Å²) in [4.78, 5) is 13.5. The van der Waals surface area contributed by atoms with Gasteiger partial charge in [0.1, 0.15) is 5.52 Å². The van der Waals surface area contributed by atoms with E-state index in [4.69, 9.17) is 0 Å². The summed E-state index contributed by atoms with van der Waals surface area (Å²) in [5.41, 5.74) is 4.61. The Morgan fingerprint density at radius 1 is 1.21 bits per heavy atom. The van der Waals surface area contributed by atoms with Crippen molar-refractivity contribution in [1.29, 1.82) is 0 Å². The number of guanidine groups is 1. The number of fused-ring (bicyclic) bond motifs is 1. The summed E-state index contributed by atoms with van der Waals surface area (Å²) in [5.74, 6) is 0.803. The Labute approximate surface area is 119 Å². The fourth-order valence-corrected chi connectivity index (χ4v) is 2.49. The molecule has 0 radical (unpaired) electrons. The molecule has 6 heteroatoms. The summed E-state index contributed by atoms with van der Waals surface area (Å²) in [7, 11) is 0.